The average Bonchev–Trinajstić information content (AvgIpc) is 2.12. The number of aromatic nitrogens is 2. The van der Waals surface area contributed by atoms with Crippen LogP contribution in [0, 0.1) is 0 Å². The first-order valence-corrected chi connectivity index (χ1v) is 4.59. The Labute approximate surface area is 83.2 Å². The highest BCUT2D eigenvalue weighted by atomic mass is 79.9. The molecule has 1 aromatic heterocycles. The molecule has 1 heterocycles. The minimum atomic E-state index is -0.0301. The van der Waals surface area contributed by atoms with Crippen molar-refractivity contribution in [2.24, 2.45) is 7.05 Å². The summed E-state index contributed by atoms with van der Waals surface area (Å²) in [6.07, 6.45) is 1.52. The van der Waals surface area contributed by atoms with E-state index >= 15 is 0 Å². The smallest absolute Gasteiger partial charge is 0.262 e. The van der Waals surface area contributed by atoms with Crippen LogP contribution in [-0.4, -0.2) is 9.55 Å². The van der Waals surface area contributed by atoms with Gasteiger partial charge in [-0.15, -0.1) is 0 Å². The van der Waals surface area contributed by atoms with Gasteiger partial charge < -0.3 is 4.57 Å². The van der Waals surface area contributed by atoms with Crippen molar-refractivity contribution in [1.82, 2.24) is 9.55 Å². The Balaban J connectivity index is 3.06. The molecule has 0 aliphatic heterocycles. The molecule has 4 heteroatoms. The normalized spacial score (nSPS) is 10.6. The van der Waals surface area contributed by atoms with Crippen LogP contribution < -0.4 is 5.56 Å². The molecule has 1 aromatic carbocycles. The summed E-state index contributed by atoms with van der Waals surface area (Å²) in [7, 11) is 1.69. The number of nitrogens with zero attached hydrogens (tertiary/aromatic N) is 2. The summed E-state index contributed by atoms with van der Waals surface area (Å²) in [4.78, 5) is 15.8. The molecule has 0 fully saturated rings. The first-order valence-electron chi connectivity index (χ1n) is 3.80. The highest BCUT2D eigenvalue weighted by Gasteiger charge is 2.04. The molecule has 2 rings (SSSR count). The van der Waals surface area contributed by atoms with Crippen LogP contribution in [0.25, 0.3) is 10.9 Å². The van der Waals surface area contributed by atoms with Gasteiger partial charge in [-0.1, -0.05) is 6.07 Å². The van der Waals surface area contributed by atoms with Gasteiger partial charge in [0.05, 0.1) is 17.2 Å². The lowest BCUT2D eigenvalue weighted by Crippen LogP contribution is -2.17. The predicted molar refractivity (Wildman–Crippen MR) is 54.7 cm³/mol. The van der Waals surface area contributed by atoms with Gasteiger partial charge in [-0.05, 0) is 28.1 Å². The van der Waals surface area contributed by atoms with E-state index in [1.54, 1.807) is 7.05 Å². The monoisotopic (exact) mass is 238 g/mol. The molecule has 0 radical (unpaired) electrons. The van der Waals surface area contributed by atoms with Crippen LogP contribution in [0.2, 0.25) is 0 Å². The molecule has 0 saturated carbocycles. The summed E-state index contributed by atoms with van der Waals surface area (Å²) in [5.41, 5.74) is 0.690. The summed E-state index contributed by atoms with van der Waals surface area (Å²) in [6, 6.07) is 5.52. The second kappa shape index (κ2) is 2.96. The molecule has 0 unspecified atom stereocenters. The van der Waals surface area contributed by atoms with E-state index in [1.807, 2.05) is 18.2 Å². The van der Waals surface area contributed by atoms with Crippen molar-refractivity contribution in [1.29, 1.82) is 0 Å². The number of hydrogen-bond donors (Lipinski definition) is 0. The standard InChI is InChI=1S/C9H7BrN2O/c1-12-5-11-7-4-2-3-6(10)8(7)9(12)13/h2-5H,1H3. The van der Waals surface area contributed by atoms with E-state index in [9.17, 15) is 4.79 Å². The van der Waals surface area contributed by atoms with Crippen LogP contribution in [0.1, 0.15) is 0 Å². The fraction of sp³-hybridized carbons (Fsp3) is 0.111. The molecule has 0 atom stereocenters. The molecule has 0 aliphatic rings. The summed E-state index contributed by atoms with van der Waals surface area (Å²) < 4.78 is 2.26. The van der Waals surface area contributed by atoms with E-state index in [-0.39, 0.29) is 5.56 Å². The van der Waals surface area contributed by atoms with Crippen LogP contribution in [0.4, 0.5) is 0 Å². The molecule has 0 bridgehead atoms. The van der Waals surface area contributed by atoms with Gasteiger partial charge in [0.25, 0.3) is 5.56 Å². The van der Waals surface area contributed by atoms with E-state index in [0.29, 0.717) is 5.39 Å². The third-order valence-corrected chi connectivity index (χ3v) is 2.56. The van der Waals surface area contributed by atoms with Crippen LogP contribution in [0.15, 0.2) is 33.8 Å². The zero-order valence-corrected chi connectivity index (χ0v) is 8.58. The zero-order valence-electron chi connectivity index (χ0n) is 6.99. The molecular formula is C9H7BrN2O. The molecule has 3 nitrogen and oxygen atoms in total. The van der Waals surface area contributed by atoms with Gasteiger partial charge in [-0.25, -0.2) is 4.98 Å². The van der Waals surface area contributed by atoms with Gasteiger partial charge in [-0.3, -0.25) is 4.79 Å². The lowest BCUT2D eigenvalue weighted by molar-refractivity contribution is 0.842. The fourth-order valence-corrected chi connectivity index (χ4v) is 1.73. The lowest BCUT2D eigenvalue weighted by atomic mass is 10.2. The summed E-state index contributed by atoms with van der Waals surface area (Å²) in [6.45, 7) is 0. The number of hydrogen-bond acceptors (Lipinski definition) is 2. The van der Waals surface area contributed by atoms with Crippen molar-refractivity contribution in [2.45, 2.75) is 0 Å². The number of halogens is 1. The van der Waals surface area contributed by atoms with E-state index in [1.165, 1.54) is 10.9 Å². The van der Waals surface area contributed by atoms with Gasteiger partial charge in [0.2, 0.25) is 0 Å². The van der Waals surface area contributed by atoms with E-state index in [2.05, 4.69) is 20.9 Å². The zero-order chi connectivity index (χ0) is 9.42. The minimum Gasteiger partial charge on any atom is -0.302 e. The summed E-state index contributed by atoms with van der Waals surface area (Å²) in [5.74, 6) is 0. The van der Waals surface area contributed by atoms with Crippen LogP contribution >= 0.6 is 15.9 Å². The largest absolute Gasteiger partial charge is 0.302 e. The Bertz CT molecular complexity index is 518. The second-order valence-electron chi connectivity index (χ2n) is 2.79. The van der Waals surface area contributed by atoms with Crippen LogP contribution in [0.5, 0.6) is 0 Å². The maximum absolute atomic E-state index is 11.6. The molecular weight excluding hydrogens is 232 g/mol. The molecule has 0 saturated heterocycles. The van der Waals surface area contributed by atoms with Gasteiger partial charge >= 0.3 is 0 Å². The van der Waals surface area contributed by atoms with Gasteiger partial charge in [-0.2, -0.15) is 0 Å². The van der Waals surface area contributed by atoms with Crippen molar-refractivity contribution in [2.75, 3.05) is 0 Å². The van der Waals surface area contributed by atoms with Gasteiger partial charge in [0.15, 0.2) is 0 Å². The van der Waals surface area contributed by atoms with E-state index in [0.717, 1.165) is 9.99 Å². The highest BCUT2D eigenvalue weighted by molar-refractivity contribution is 9.10. The Morgan fingerprint density at radius 2 is 2.23 bits per heavy atom. The first kappa shape index (κ1) is 8.44. The molecule has 0 aliphatic carbocycles. The average molecular weight is 239 g/mol. The van der Waals surface area contributed by atoms with Crippen LogP contribution in [0.3, 0.4) is 0 Å². The highest BCUT2D eigenvalue weighted by Crippen LogP contribution is 2.17. The Kier molecular flexibility index (Phi) is 1.92. The second-order valence-corrected chi connectivity index (χ2v) is 3.65. The topological polar surface area (TPSA) is 34.9 Å². The number of fused-ring (bicyclic) bond motifs is 1. The Hall–Kier alpha value is -1.16. The van der Waals surface area contributed by atoms with E-state index in [4.69, 9.17) is 0 Å². The number of rotatable bonds is 0. The maximum Gasteiger partial charge on any atom is 0.262 e. The van der Waals surface area contributed by atoms with Crippen molar-refractivity contribution >= 4 is 26.8 Å². The molecule has 0 amide bonds. The Morgan fingerprint density at radius 3 is 3.00 bits per heavy atom. The van der Waals surface area contributed by atoms with Crippen LogP contribution in [-0.2, 0) is 7.05 Å². The third kappa shape index (κ3) is 1.27. The SMILES string of the molecule is Cn1cnc2cccc(Br)c2c1=O. The third-order valence-electron chi connectivity index (χ3n) is 1.90. The quantitative estimate of drug-likeness (QED) is 0.701. The van der Waals surface area contributed by atoms with Crippen molar-refractivity contribution < 1.29 is 0 Å². The van der Waals surface area contributed by atoms with Crippen molar-refractivity contribution in [3.8, 4) is 0 Å². The summed E-state index contributed by atoms with van der Waals surface area (Å²) >= 11 is 3.33. The van der Waals surface area contributed by atoms with Gasteiger partial charge in [0, 0.05) is 11.5 Å². The van der Waals surface area contributed by atoms with Crippen molar-refractivity contribution in [3.05, 3.63) is 39.4 Å². The number of aryl methyl sites for hydroxylation is 1. The predicted octanol–water partition coefficient (Wildman–Crippen LogP) is 1.70. The lowest BCUT2D eigenvalue weighted by Gasteiger charge is -2.00. The Morgan fingerprint density at radius 1 is 1.46 bits per heavy atom. The fourth-order valence-electron chi connectivity index (χ4n) is 1.21. The van der Waals surface area contributed by atoms with Crippen molar-refractivity contribution in [3.63, 3.8) is 0 Å². The maximum atomic E-state index is 11.6. The molecule has 2 aromatic rings. The first-order chi connectivity index (χ1) is 6.20. The van der Waals surface area contributed by atoms with E-state index < -0.39 is 0 Å². The van der Waals surface area contributed by atoms with Gasteiger partial charge in [0.1, 0.15) is 0 Å². The molecule has 0 spiro atoms. The summed E-state index contributed by atoms with van der Waals surface area (Å²) in [5, 5.41) is 0.632. The number of benzene rings is 1. The molecule has 66 valence electrons. The molecule has 0 N–H and O–H groups in total. The molecule has 13 heavy (non-hydrogen) atoms. The minimum absolute atomic E-state index is 0.0301.